The van der Waals surface area contributed by atoms with Gasteiger partial charge in [-0.3, -0.25) is 14.5 Å². The van der Waals surface area contributed by atoms with Gasteiger partial charge in [-0.2, -0.15) is 0 Å². The highest BCUT2D eigenvalue weighted by Gasteiger charge is 2.39. The molecule has 1 fully saturated rings. The van der Waals surface area contributed by atoms with Crippen LogP contribution < -0.4 is 4.74 Å². The number of Topliss-reactive ketones (excluding diaryl/α,β-unsaturated/α-hetero) is 1. The average Bonchev–Trinajstić information content (AvgIpc) is 3.35. The number of rotatable bonds is 5. The number of benzene rings is 1. The zero-order valence-electron chi connectivity index (χ0n) is 14.9. The van der Waals surface area contributed by atoms with Crippen LogP contribution in [0, 0.1) is 11.7 Å². The van der Waals surface area contributed by atoms with Crippen molar-refractivity contribution in [3.8, 4) is 5.06 Å². The van der Waals surface area contributed by atoms with Crippen molar-refractivity contribution in [3.63, 3.8) is 0 Å². The molecule has 1 aromatic heterocycles. The molecule has 0 radical (unpaired) electrons. The molecule has 0 saturated heterocycles. The Hall–Kier alpha value is -1.76. The van der Waals surface area contributed by atoms with Crippen LogP contribution in [0.2, 0.25) is 0 Å². The Morgan fingerprint density at radius 3 is 2.74 bits per heavy atom. The van der Waals surface area contributed by atoms with Gasteiger partial charge in [0, 0.05) is 30.8 Å². The first-order valence-corrected chi connectivity index (χ1v) is 9.66. The molecule has 0 amide bonds. The summed E-state index contributed by atoms with van der Waals surface area (Å²) in [6.45, 7) is 2.72. The van der Waals surface area contributed by atoms with Gasteiger partial charge in [-0.25, -0.2) is 4.39 Å². The second-order valence-electron chi connectivity index (χ2n) is 6.96. The zero-order valence-corrected chi connectivity index (χ0v) is 16.6. The van der Waals surface area contributed by atoms with Crippen molar-refractivity contribution in [1.29, 1.82) is 0 Å². The van der Waals surface area contributed by atoms with E-state index in [0.29, 0.717) is 11.6 Å². The van der Waals surface area contributed by atoms with Gasteiger partial charge in [0.25, 0.3) is 0 Å². The van der Waals surface area contributed by atoms with Crippen LogP contribution in [0.5, 0.6) is 5.06 Å². The smallest absolute Gasteiger partial charge is 0.308 e. The maximum absolute atomic E-state index is 13.8. The normalized spacial score (nSPS) is 17.6. The second-order valence-corrected chi connectivity index (χ2v) is 8.06. The number of carbonyl (C=O) groups excluding carboxylic acids is 2. The Kier molecular flexibility index (Phi) is 5.99. The van der Waals surface area contributed by atoms with Gasteiger partial charge in [0.2, 0.25) is 0 Å². The van der Waals surface area contributed by atoms with Crippen molar-refractivity contribution >= 4 is 35.5 Å². The van der Waals surface area contributed by atoms with Crippen LogP contribution in [0.15, 0.2) is 30.3 Å². The third-order valence-electron chi connectivity index (χ3n) is 4.90. The molecule has 4 rings (SSSR count). The molecule has 1 aromatic carbocycles. The number of ketones is 1. The number of nitrogens with zero attached hydrogens (tertiary/aromatic N) is 1. The van der Waals surface area contributed by atoms with Crippen LogP contribution in [0.1, 0.15) is 41.8 Å². The van der Waals surface area contributed by atoms with Crippen LogP contribution in [-0.4, -0.2) is 23.2 Å². The molecule has 1 aliphatic heterocycles. The SMILES string of the molecule is CC(=O)Oc1cc2c(s1)CCN(C(C(=O)C1CC1)c1cccc(F)c1)C2.Cl. The lowest BCUT2D eigenvalue weighted by Crippen LogP contribution is -2.38. The summed E-state index contributed by atoms with van der Waals surface area (Å²) in [7, 11) is 0. The van der Waals surface area contributed by atoms with Crippen LogP contribution in [-0.2, 0) is 22.6 Å². The first kappa shape index (κ1) is 20.0. The van der Waals surface area contributed by atoms with E-state index in [2.05, 4.69) is 4.90 Å². The molecular weight excluding hydrogens is 389 g/mol. The van der Waals surface area contributed by atoms with E-state index in [1.807, 2.05) is 12.1 Å². The summed E-state index contributed by atoms with van der Waals surface area (Å²) in [5.41, 5.74) is 1.81. The number of carbonyl (C=O) groups is 2. The van der Waals surface area contributed by atoms with Gasteiger partial charge in [0.05, 0.1) is 6.04 Å². The summed E-state index contributed by atoms with van der Waals surface area (Å²) in [6.07, 6.45) is 2.66. The molecule has 144 valence electrons. The third-order valence-corrected chi connectivity index (χ3v) is 6.01. The highest BCUT2D eigenvalue weighted by Crippen LogP contribution is 2.40. The van der Waals surface area contributed by atoms with E-state index >= 15 is 0 Å². The van der Waals surface area contributed by atoms with Gasteiger partial charge in [0.15, 0.2) is 10.8 Å². The molecule has 2 aromatic rings. The van der Waals surface area contributed by atoms with E-state index in [0.717, 1.165) is 36.9 Å². The molecule has 1 unspecified atom stereocenters. The van der Waals surface area contributed by atoms with Crippen LogP contribution >= 0.6 is 23.7 Å². The van der Waals surface area contributed by atoms with Gasteiger partial charge in [-0.15, -0.1) is 23.7 Å². The van der Waals surface area contributed by atoms with Gasteiger partial charge >= 0.3 is 5.97 Å². The predicted molar refractivity (Wildman–Crippen MR) is 104 cm³/mol. The highest BCUT2D eigenvalue weighted by atomic mass is 35.5. The van der Waals surface area contributed by atoms with Crippen molar-refractivity contribution in [1.82, 2.24) is 4.90 Å². The van der Waals surface area contributed by atoms with Crippen LogP contribution in [0.25, 0.3) is 0 Å². The fourth-order valence-electron chi connectivity index (χ4n) is 3.56. The average molecular weight is 410 g/mol. The van der Waals surface area contributed by atoms with E-state index < -0.39 is 6.04 Å². The molecule has 1 aliphatic carbocycles. The molecule has 27 heavy (non-hydrogen) atoms. The summed E-state index contributed by atoms with van der Waals surface area (Å²) in [4.78, 5) is 27.4. The van der Waals surface area contributed by atoms with Crippen molar-refractivity contribution in [2.75, 3.05) is 6.54 Å². The molecule has 4 nitrogen and oxygen atoms in total. The Morgan fingerprint density at radius 2 is 2.07 bits per heavy atom. The quantitative estimate of drug-likeness (QED) is 0.690. The summed E-state index contributed by atoms with van der Waals surface area (Å²) < 4.78 is 19.0. The monoisotopic (exact) mass is 409 g/mol. The summed E-state index contributed by atoms with van der Waals surface area (Å²) >= 11 is 1.49. The van der Waals surface area contributed by atoms with Gasteiger partial charge in [0.1, 0.15) is 5.82 Å². The minimum absolute atomic E-state index is 0. The fourth-order valence-corrected chi connectivity index (χ4v) is 4.61. The Bertz CT molecular complexity index is 865. The lowest BCUT2D eigenvalue weighted by molar-refractivity contribution is -0.131. The number of ether oxygens (including phenoxy) is 1. The first-order chi connectivity index (χ1) is 12.5. The van der Waals surface area contributed by atoms with E-state index in [4.69, 9.17) is 4.74 Å². The molecule has 2 heterocycles. The van der Waals surface area contributed by atoms with E-state index in [9.17, 15) is 14.0 Å². The topological polar surface area (TPSA) is 46.6 Å². The number of thiophene rings is 1. The standard InChI is InChI=1S/C20H20FNO3S.ClH/c1-12(23)25-18-10-15-11-22(8-7-17(15)26-18)19(20(24)13-5-6-13)14-3-2-4-16(21)9-14;/h2-4,9-10,13,19H,5-8,11H2,1H3;1H. The number of hydrogen-bond donors (Lipinski definition) is 0. The molecular formula is C20H21ClFNO3S. The second kappa shape index (κ2) is 8.09. The number of hydrogen-bond acceptors (Lipinski definition) is 5. The Morgan fingerprint density at radius 1 is 1.30 bits per heavy atom. The van der Waals surface area contributed by atoms with E-state index in [1.165, 1.54) is 35.3 Å². The largest absolute Gasteiger partial charge is 0.416 e. The Balaban J connectivity index is 0.00000210. The van der Waals surface area contributed by atoms with Crippen molar-refractivity contribution in [3.05, 3.63) is 52.2 Å². The van der Waals surface area contributed by atoms with E-state index in [-0.39, 0.29) is 35.9 Å². The molecule has 0 bridgehead atoms. The summed E-state index contributed by atoms with van der Waals surface area (Å²) in [6, 6.07) is 7.85. The lowest BCUT2D eigenvalue weighted by Gasteiger charge is -2.34. The first-order valence-electron chi connectivity index (χ1n) is 8.84. The van der Waals surface area contributed by atoms with Crippen molar-refractivity contribution < 1.29 is 18.7 Å². The lowest BCUT2D eigenvalue weighted by atomic mass is 9.95. The number of fused-ring (bicyclic) bond motifs is 1. The van der Waals surface area contributed by atoms with Crippen LogP contribution in [0.3, 0.4) is 0 Å². The fraction of sp³-hybridized carbons (Fsp3) is 0.400. The summed E-state index contributed by atoms with van der Waals surface area (Å²) in [5.74, 6) is -0.360. The summed E-state index contributed by atoms with van der Waals surface area (Å²) in [5, 5.41) is 0.597. The molecule has 7 heteroatoms. The van der Waals surface area contributed by atoms with Crippen LogP contribution in [0.4, 0.5) is 4.39 Å². The minimum Gasteiger partial charge on any atom is -0.416 e. The highest BCUT2D eigenvalue weighted by molar-refractivity contribution is 7.14. The number of esters is 1. The minimum atomic E-state index is -0.413. The molecule has 1 saturated carbocycles. The van der Waals surface area contributed by atoms with E-state index in [1.54, 1.807) is 6.07 Å². The maximum Gasteiger partial charge on any atom is 0.308 e. The Labute approximate surface area is 167 Å². The maximum atomic E-state index is 13.8. The zero-order chi connectivity index (χ0) is 18.3. The van der Waals surface area contributed by atoms with Gasteiger partial charge in [-0.05, 0) is 48.6 Å². The van der Waals surface area contributed by atoms with Gasteiger partial charge in [-0.1, -0.05) is 12.1 Å². The van der Waals surface area contributed by atoms with Crippen molar-refractivity contribution in [2.24, 2.45) is 5.92 Å². The molecule has 0 spiro atoms. The van der Waals surface area contributed by atoms with Crippen molar-refractivity contribution in [2.45, 2.75) is 38.8 Å². The number of halogens is 2. The van der Waals surface area contributed by atoms with Gasteiger partial charge < -0.3 is 4.74 Å². The third kappa shape index (κ3) is 4.39. The predicted octanol–water partition coefficient (Wildman–Crippen LogP) is 4.31. The molecule has 0 N–H and O–H groups in total. The molecule has 1 atom stereocenters. The molecule has 2 aliphatic rings.